The Morgan fingerprint density at radius 3 is 2.41 bits per heavy atom. The van der Waals surface area contributed by atoms with E-state index in [-0.39, 0.29) is 11.9 Å². The van der Waals surface area contributed by atoms with Gasteiger partial charge < -0.3 is 4.74 Å². The van der Waals surface area contributed by atoms with Gasteiger partial charge in [0.1, 0.15) is 0 Å². The summed E-state index contributed by atoms with van der Waals surface area (Å²) >= 11 is 0. The van der Waals surface area contributed by atoms with E-state index in [1.54, 1.807) is 0 Å². The molecule has 0 radical (unpaired) electrons. The third-order valence-corrected chi connectivity index (χ3v) is 3.49. The van der Waals surface area contributed by atoms with Crippen LogP contribution in [-0.4, -0.2) is 12.6 Å². The van der Waals surface area contributed by atoms with Gasteiger partial charge in [-0.25, -0.2) is 0 Å². The van der Waals surface area contributed by atoms with Gasteiger partial charge in [0, 0.05) is 0 Å². The fourth-order valence-electron chi connectivity index (χ4n) is 2.80. The number of carbonyl (C=O) groups is 1. The zero-order chi connectivity index (χ0) is 12.6. The van der Waals surface area contributed by atoms with Crippen molar-refractivity contribution in [3.8, 4) is 0 Å². The predicted molar refractivity (Wildman–Crippen MR) is 68.1 cm³/mol. The van der Waals surface area contributed by atoms with Crippen molar-refractivity contribution in [3.63, 3.8) is 0 Å². The van der Waals surface area contributed by atoms with Crippen LogP contribution in [0.2, 0.25) is 0 Å². The Bertz CT molecular complexity index is 425. The molecule has 1 saturated carbocycles. The van der Waals surface area contributed by atoms with Gasteiger partial charge in [-0.05, 0) is 56.7 Å². The van der Waals surface area contributed by atoms with Crippen molar-refractivity contribution in [2.45, 2.75) is 40.0 Å². The highest BCUT2D eigenvalue weighted by Gasteiger charge is 2.46. The van der Waals surface area contributed by atoms with Crippen LogP contribution in [0.15, 0.2) is 12.1 Å². The monoisotopic (exact) mass is 232 g/mol. The van der Waals surface area contributed by atoms with Crippen LogP contribution in [0.4, 0.5) is 0 Å². The maximum absolute atomic E-state index is 11.7. The smallest absolute Gasteiger partial charge is 0.309 e. The number of hydrogen-bond donors (Lipinski definition) is 0. The molecule has 92 valence electrons. The van der Waals surface area contributed by atoms with E-state index in [2.05, 4.69) is 32.9 Å². The highest BCUT2D eigenvalue weighted by molar-refractivity contribution is 5.77. The molecule has 2 nitrogen and oxygen atoms in total. The number of benzene rings is 1. The van der Waals surface area contributed by atoms with Gasteiger partial charge in [-0.15, -0.1) is 0 Å². The van der Waals surface area contributed by atoms with Crippen molar-refractivity contribution in [2.75, 3.05) is 6.61 Å². The van der Waals surface area contributed by atoms with Crippen molar-refractivity contribution >= 4 is 5.97 Å². The maximum atomic E-state index is 11.7. The Morgan fingerprint density at radius 1 is 1.29 bits per heavy atom. The molecule has 0 unspecified atom stereocenters. The summed E-state index contributed by atoms with van der Waals surface area (Å²) in [6, 6.07) is 4.39. The summed E-state index contributed by atoms with van der Waals surface area (Å²) in [7, 11) is 0. The van der Waals surface area contributed by atoms with Crippen LogP contribution in [0.1, 0.15) is 41.5 Å². The number of ether oxygens (including phenoxy) is 1. The minimum absolute atomic E-state index is 0.0307. The maximum Gasteiger partial charge on any atom is 0.309 e. The van der Waals surface area contributed by atoms with Gasteiger partial charge in [-0.1, -0.05) is 17.7 Å². The molecule has 0 spiro atoms. The third kappa shape index (κ3) is 2.36. The summed E-state index contributed by atoms with van der Waals surface area (Å²) in [5, 5.41) is 0. The number of hydrogen-bond acceptors (Lipinski definition) is 2. The lowest BCUT2D eigenvalue weighted by molar-refractivity contribution is -0.144. The van der Waals surface area contributed by atoms with E-state index in [0.29, 0.717) is 12.5 Å². The van der Waals surface area contributed by atoms with Crippen molar-refractivity contribution in [3.05, 3.63) is 34.4 Å². The van der Waals surface area contributed by atoms with Crippen LogP contribution in [-0.2, 0) is 9.53 Å². The molecule has 0 aromatic heterocycles. The Labute approximate surface area is 103 Å². The molecule has 1 aromatic carbocycles. The van der Waals surface area contributed by atoms with Gasteiger partial charge in [0.25, 0.3) is 0 Å². The molecule has 0 amide bonds. The molecule has 0 aliphatic heterocycles. The van der Waals surface area contributed by atoms with E-state index in [4.69, 9.17) is 4.74 Å². The van der Waals surface area contributed by atoms with Crippen LogP contribution in [0.25, 0.3) is 0 Å². The second kappa shape index (κ2) is 4.52. The molecule has 17 heavy (non-hydrogen) atoms. The molecule has 2 atom stereocenters. The topological polar surface area (TPSA) is 26.3 Å². The molecule has 1 aliphatic rings. The van der Waals surface area contributed by atoms with E-state index in [1.807, 2.05) is 6.92 Å². The first-order chi connectivity index (χ1) is 8.04. The lowest BCUT2D eigenvalue weighted by Gasteiger charge is -2.11. The molecule has 1 fully saturated rings. The molecular weight excluding hydrogens is 212 g/mol. The highest BCUT2D eigenvalue weighted by atomic mass is 16.5. The van der Waals surface area contributed by atoms with E-state index in [0.717, 1.165) is 6.42 Å². The second-order valence-electron chi connectivity index (χ2n) is 5.01. The number of aryl methyl sites for hydroxylation is 3. The molecule has 0 bridgehead atoms. The predicted octanol–water partition coefficient (Wildman–Crippen LogP) is 3.28. The van der Waals surface area contributed by atoms with Crippen LogP contribution >= 0.6 is 0 Å². The number of esters is 1. The van der Waals surface area contributed by atoms with Crippen molar-refractivity contribution < 1.29 is 9.53 Å². The Morgan fingerprint density at radius 2 is 1.88 bits per heavy atom. The summed E-state index contributed by atoms with van der Waals surface area (Å²) in [6.45, 7) is 8.72. The summed E-state index contributed by atoms with van der Waals surface area (Å²) in [5.74, 6) is 0.446. The molecule has 2 rings (SSSR count). The van der Waals surface area contributed by atoms with Gasteiger partial charge in [0.2, 0.25) is 0 Å². The molecule has 2 heteroatoms. The van der Waals surface area contributed by atoms with Gasteiger partial charge in [0.15, 0.2) is 0 Å². The van der Waals surface area contributed by atoms with Crippen LogP contribution in [0, 0.1) is 26.7 Å². The first kappa shape index (κ1) is 12.2. The van der Waals surface area contributed by atoms with E-state index >= 15 is 0 Å². The Balaban J connectivity index is 2.19. The average molecular weight is 232 g/mol. The first-order valence-electron chi connectivity index (χ1n) is 6.29. The SMILES string of the molecule is CCOC(=O)[C@@H]1C[C@H]1c1c(C)cc(C)cc1C. The van der Waals surface area contributed by atoms with Crippen molar-refractivity contribution in [1.82, 2.24) is 0 Å². The quantitative estimate of drug-likeness (QED) is 0.748. The van der Waals surface area contributed by atoms with Gasteiger partial charge >= 0.3 is 5.97 Å². The van der Waals surface area contributed by atoms with Gasteiger partial charge in [0.05, 0.1) is 12.5 Å². The largest absolute Gasteiger partial charge is 0.466 e. The van der Waals surface area contributed by atoms with Crippen LogP contribution in [0.5, 0.6) is 0 Å². The lowest BCUT2D eigenvalue weighted by atomic mass is 9.95. The molecule has 1 aliphatic carbocycles. The minimum Gasteiger partial charge on any atom is -0.466 e. The van der Waals surface area contributed by atoms with Crippen LogP contribution in [0.3, 0.4) is 0 Å². The van der Waals surface area contributed by atoms with Crippen molar-refractivity contribution in [2.24, 2.45) is 5.92 Å². The first-order valence-corrected chi connectivity index (χ1v) is 6.29. The molecule has 0 N–H and O–H groups in total. The van der Waals surface area contributed by atoms with Gasteiger partial charge in [-0.3, -0.25) is 4.79 Å². The lowest BCUT2D eigenvalue weighted by Crippen LogP contribution is -2.08. The Hall–Kier alpha value is -1.31. The molecular formula is C15H20O2. The van der Waals surface area contributed by atoms with Gasteiger partial charge in [-0.2, -0.15) is 0 Å². The number of rotatable bonds is 3. The van der Waals surface area contributed by atoms with E-state index in [9.17, 15) is 4.79 Å². The number of carbonyl (C=O) groups excluding carboxylic acids is 1. The fourth-order valence-corrected chi connectivity index (χ4v) is 2.80. The van der Waals surface area contributed by atoms with E-state index < -0.39 is 0 Å². The Kier molecular flexibility index (Phi) is 3.23. The zero-order valence-electron chi connectivity index (χ0n) is 11.0. The van der Waals surface area contributed by atoms with Crippen LogP contribution < -0.4 is 0 Å². The fraction of sp³-hybridized carbons (Fsp3) is 0.533. The third-order valence-electron chi connectivity index (χ3n) is 3.49. The molecule has 0 saturated heterocycles. The normalized spacial score (nSPS) is 22.4. The summed E-state index contributed by atoms with van der Waals surface area (Å²) in [6.07, 6.45) is 0.948. The zero-order valence-corrected chi connectivity index (χ0v) is 11.0. The average Bonchev–Trinajstić information content (AvgIpc) is 2.96. The van der Waals surface area contributed by atoms with E-state index in [1.165, 1.54) is 22.3 Å². The summed E-state index contributed by atoms with van der Waals surface area (Å²) in [4.78, 5) is 11.7. The summed E-state index contributed by atoms with van der Waals surface area (Å²) in [5.41, 5.74) is 5.25. The summed E-state index contributed by atoms with van der Waals surface area (Å²) < 4.78 is 5.08. The molecule has 1 aromatic rings. The standard InChI is InChI=1S/C15H20O2/c1-5-17-15(16)13-8-12(13)14-10(3)6-9(2)7-11(14)4/h6-7,12-13H,5,8H2,1-4H3/t12-,13-/m1/s1. The molecule has 0 heterocycles. The van der Waals surface area contributed by atoms with Crippen molar-refractivity contribution in [1.29, 1.82) is 0 Å². The highest BCUT2D eigenvalue weighted by Crippen LogP contribution is 2.50. The minimum atomic E-state index is -0.0307. The second-order valence-corrected chi connectivity index (χ2v) is 5.01.